The van der Waals surface area contributed by atoms with Gasteiger partial charge < -0.3 is 5.32 Å². The Morgan fingerprint density at radius 3 is 2.63 bits per heavy atom. The van der Waals surface area contributed by atoms with Crippen molar-refractivity contribution in [2.75, 3.05) is 11.9 Å². The van der Waals surface area contributed by atoms with Crippen LogP contribution in [0.4, 0.5) is 5.69 Å². The summed E-state index contributed by atoms with van der Waals surface area (Å²) in [4.78, 5) is 0. The lowest BCUT2D eigenvalue weighted by Crippen LogP contribution is -2.20. The Hall–Kier alpha value is -1.76. The first-order chi connectivity index (χ1) is 9.40. The van der Waals surface area contributed by atoms with Gasteiger partial charge in [-0.15, -0.1) is 0 Å². The van der Waals surface area contributed by atoms with E-state index in [2.05, 4.69) is 47.8 Å². The molecule has 2 aliphatic rings. The molecule has 1 nitrogen and oxygen atoms in total. The predicted octanol–water partition coefficient (Wildman–Crippen LogP) is 4.47. The van der Waals surface area contributed by atoms with Crippen LogP contribution in [-0.2, 0) is 6.42 Å². The van der Waals surface area contributed by atoms with Crippen LogP contribution in [-0.4, -0.2) is 6.54 Å². The second-order valence-corrected chi connectivity index (χ2v) is 5.88. The highest BCUT2D eigenvalue weighted by atomic mass is 14.9. The molecule has 1 fully saturated rings. The average Bonchev–Trinajstić information content (AvgIpc) is 2.74. The zero-order chi connectivity index (χ0) is 12.7. The minimum absolute atomic E-state index is 0.908. The van der Waals surface area contributed by atoms with Crippen LogP contribution in [0.5, 0.6) is 0 Å². The first-order valence-corrected chi connectivity index (χ1v) is 7.35. The van der Waals surface area contributed by atoms with Crippen LogP contribution in [0.2, 0.25) is 0 Å². The van der Waals surface area contributed by atoms with Gasteiger partial charge in [-0.2, -0.15) is 0 Å². The molecule has 1 N–H and O–H groups in total. The molecule has 1 heteroatoms. The van der Waals surface area contributed by atoms with E-state index in [0.29, 0.717) is 0 Å². The van der Waals surface area contributed by atoms with E-state index >= 15 is 0 Å². The molecule has 96 valence electrons. The van der Waals surface area contributed by atoms with Crippen molar-refractivity contribution in [1.29, 1.82) is 0 Å². The zero-order valence-corrected chi connectivity index (χ0v) is 11.2. The lowest BCUT2D eigenvalue weighted by molar-refractivity contribution is 0.333. The average molecular weight is 249 g/mol. The molecule has 0 unspecified atom stereocenters. The molecule has 0 atom stereocenters. The van der Waals surface area contributed by atoms with Gasteiger partial charge in [-0.1, -0.05) is 36.8 Å². The van der Waals surface area contributed by atoms with Crippen molar-refractivity contribution in [3.8, 4) is 11.1 Å². The molecule has 0 aliphatic heterocycles. The number of anilines is 1. The first-order valence-electron chi connectivity index (χ1n) is 7.35. The molecule has 4 rings (SSSR count). The molecule has 0 spiro atoms. The van der Waals surface area contributed by atoms with Crippen molar-refractivity contribution < 1.29 is 0 Å². The van der Waals surface area contributed by atoms with Gasteiger partial charge in [0.25, 0.3) is 0 Å². The number of nitrogens with one attached hydrogen (secondary N) is 1. The third-order valence-corrected chi connectivity index (χ3v) is 4.61. The number of hydrogen-bond donors (Lipinski definition) is 1. The molecule has 0 heterocycles. The topological polar surface area (TPSA) is 12.0 Å². The van der Waals surface area contributed by atoms with Gasteiger partial charge in [0.05, 0.1) is 0 Å². The molecular weight excluding hydrogens is 230 g/mol. The van der Waals surface area contributed by atoms with Crippen molar-refractivity contribution in [1.82, 2.24) is 0 Å². The lowest BCUT2D eigenvalue weighted by atomic mass is 9.85. The Kier molecular flexibility index (Phi) is 2.58. The molecule has 1 saturated carbocycles. The highest BCUT2D eigenvalue weighted by Crippen LogP contribution is 2.37. The largest absolute Gasteiger partial charge is 0.385 e. The van der Waals surface area contributed by atoms with Crippen LogP contribution in [0.15, 0.2) is 42.5 Å². The van der Waals surface area contributed by atoms with Crippen molar-refractivity contribution in [3.63, 3.8) is 0 Å². The summed E-state index contributed by atoms with van der Waals surface area (Å²) < 4.78 is 0. The van der Waals surface area contributed by atoms with Gasteiger partial charge >= 0.3 is 0 Å². The first kappa shape index (κ1) is 11.1. The summed E-state index contributed by atoms with van der Waals surface area (Å²) >= 11 is 0. The summed E-state index contributed by atoms with van der Waals surface area (Å²) in [5.41, 5.74) is 7.07. The molecule has 19 heavy (non-hydrogen) atoms. The standard InChI is InChI=1S/C18H19N/c1-2-7-17-14(6-1)10-15-11-16(8-9-18(15)17)19-12-13-4-3-5-13/h1-2,6-9,11,13,19H,3-5,10,12H2. The summed E-state index contributed by atoms with van der Waals surface area (Å²) in [6, 6.07) is 15.6. The Balaban J connectivity index is 1.57. The molecule has 2 aromatic carbocycles. The van der Waals surface area contributed by atoms with Crippen LogP contribution in [0.3, 0.4) is 0 Å². The molecule has 2 aromatic rings. The van der Waals surface area contributed by atoms with Crippen molar-refractivity contribution in [3.05, 3.63) is 53.6 Å². The summed E-state index contributed by atoms with van der Waals surface area (Å²) in [7, 11) is 0. The second-order valence-electron chi connectivity index (χ2n) is 5.88. The van der Waals surface area contributed by atoms with Gasteiger partial charge in [-0.3, -0.25) is 0 Å². The van der Waals surface area contributed by atoms with Crippen LogP contribution in [0.1, 0.15) is 30.4 Å². The van der Waals surface area contributed by atoms with E-state index in [1.165, 1.54) is 47.2 Å². The summed E-state index contributed by atoms with van der Waals surface area (Å²) in [6.45, 7) is 1.14. The maximum absolute atomic E-state index is 3.60. The molecule has 0 aromatic heterocycles. The van der Waals surface area contributed by atoms with E-state index in [9.17, 15) is 0 Å². The lowest BCUT2D eigenvalue weighted by Gasteiger charge is -2.26. The molecule has 2 aliphatic carbocycles. The normalized spacial score (nSPS) is 16.6. The highest BCUT2D eigenvalue weighted by molar-refractivity contribution is 5.78. The van der Waals surface area contributed by atoms with Crippen LogP contribution < -0.4 is 5.32 Å². The monoisotopic (exact) mass is 249 g/mol. The molecular formula is C18H19N. The van der Waals surface area contributed by atoms with Crippen LogP contribution in [0, 0.1) is 5.92 Å². The van der Waals surface area contributed by atoms with E-state index in [1.54, 1.807) is 0 Å². The van der Waals surface area contributed by atoms with E-state index in [1.807, 2.05) is 0 Å². The van der Waals surface area contributed by atoms with Gasteiger partial charge in [-0.25, -0.2) is 0 Å². The summed E-state index contributed by atoms with van der Waals surface area (Å²) in [5, 5.41) is 3.60. The van der Waals surface area contributed by atoms with E-state index in [-0.39, 0.29) is 0 Å². The van der Waals surface area contributed by atoms with Gasteiger partial charge in [0.1, 0.15) is 0 Å². The van der Waals surface area contributed by atoms with Crippen molar-refractivity contribution in [2.45, 2.75) is 25.7 Å². The van der Waals surface area contributed by atoms with E-state index in [0.717, 1.165) is 18.9 Å². The Labute approximate surface area is 114 Å². The predicted molar refractivity (Wildman–Crippen MR) is 80.5 cm³/mol. The zero-order valence-electron chi connectivity index (χ0n) is 11.2. The third-order valence-electron chi connectivity index (χ3n) is 4.61. The van der Waals surface area contributed by atoms with Crippen molar-refractivity contribution >= 4 is 5.69 Å². The number of rotatable bonds is 3. The Bertz CT molecular complexity index is 611. The molecule has 0 amide bonds. The smallest absolute Gasteiger partial charge is 0.0343 e. The molecule has 0 radical (unpaired) electrons. The van der Waals surface area contributed by atoms with Gasteiger partial charge in [0.15, 0.2) is 0 Å². The fourth-order valence-electron chi connectivity index (χ4n) is 3.21. The van der Waals surface area contributed by atoms with Crippen molar-refractivity contribution in [2.24, 2.45) is 5.92 Å². The number of fused-ring (bicyclic) bond motifs is 3. The minimum atomic E-state index is 0.908. The van der Waals surface area contributed by atoms with E-state index < -0.39 is 0 Å². The van der Waals surface area contributed by atoms with Crippen LogP contribution >= 0.6 is 0 Å². The second kappa shape index (κ2) is 4.41. The van der Waals surface area contributed by atoms with Crippen LogP contribution in [0.25, 0.3) is 11.1 Å². The third kappa shape index (κ3) is 1.94. The Morgan fingerprint density at radius 1 is 0.947 bits per heavy atom. The van der Waals surface area contributed by atoms with Gasteiger partial charge in [0.2, 0.25) is 0 Å². The Morgan fingerprint density at radius 2 is 1.79 bits per heavy atom. The summed E-state index contributed by atoms with van der Waals surface area (Å²) in [5.74, 6) is 0.908. The maximum Gasteiger partial charge on any atom is 0.0343 e. The summed E-state index contributed by atoms with van der Waals surface area (Å²) in [6.07, 6.45) is 5.32. The molecule has 0 bridgehead atoms. The highest BCUT2D eigenvalue weighted by Gasteiger charge is 2.19. The number of benzene rings is 2. The molecule has 0 saturated heterocycles. The quantitative estimate of drug-likeness (QED) is 0.722. The fourth-order valence-corrected chi connectivity index (χ4v) is 3.21. The fraction of sp³-hybridized carbons (Fsp3) is 0.333. The number of hydrogen-bond acceptors (Lipinski definition) is 1. The minimum Gasteiger partial charge on any atom is -0.385 e. The van der Waals surface area contributed by atoms with Gasteiger partial charge in [0, 0.05) is 12.2 Å². The van der Waals surface area contributed by atoms with Gasteiger partial charge in [-0.05, 0) is 59.6 Å². The SMILES string of the molecule is c1ccc2c(c1)Cc1cc(NCC3CCC3)ccc1-2. The van der Waals surface area contributed by atoms with E-state index in [4.69, 9.17) is 0 Å². The maximum atomic E-state index is 3.60.